The molecule has 0 unspecified atom stereocenters. The number of aromatic nitrogens is 2. The standard InChI is InChI=1S/C25H23ClN2O3/c1-16-24(18-6-10-20(30-3)11-7-18)25(28(2)27-16)22-13-12-21(14-23(22)29)31-15-17-4-8-19(26)9-5-17/h4-14,29H,15H2,1-3H3. The topological polar surface area (TPSA) is 56.5 Å². The first kappa shape index (κ1) is 20.8. The third-order valence-corrected chi connectivity index (χ3v) is 5.40. The third-order valence-electron chi connectivity index (χ3n) is 5.14. The number of phenols is 1. The lowest BCUT2D eigenvalue weighted by atomic mass is 9.98. The fraction of sp³-hybridized carbons (Fsp3) is 0.160. The van der Waals surface area contributed by atoms with E-state index < -0.39 is 0 Å². The van der Waals surface area contributed by atoms with Crippen molar-refractivity contribution in [3.8, 4) is 39.6 Å². The van der Waals surface area contributed by atoms with Gasteiger partial charge in [0.1, 0.15) is 23.9 Å². The van der Waals surface area contributed by atoms with Gasteiger partial charge in [-0.2, -0.15) is 5.10 Å². The van der Waals surface area contributed by atoms with Crippen molar-refractivity contribution >= 4 is 11.6 Å². The Morgan fingerprint density at radius 3 is 2.29 bits per heavy atom. The molecule has 0 fully saturated rings. The van der Waals surface area contributed by atoms with E-state index in [1.165, 1.54) is 0 Å². The van der Waals surface area contributed by atoms with Crippen LogP contribution in [0.3, 0.4) is 0 Å². The zero-order valence-electron chi connectivity index (χ0n) is 17.6. The molecular weight excluding hydrogens is 412 g/mol. The van der Waals surface area contributed by atoms with Crippen molar-refractivity contribution in [2.24, 2.45) is 7.05 Å². The number of aromatic hydroxyl groups is 1. The van der Waals surface area contributed by atoms with Crippen LogP contribution in [-0.4, -0.2) is 22.0 Å². The van der Waals surface area contributed by atoms with Crippen molar-refractivity contribution in [3.05, 3.63) is 83.0 Å². The first-order valence-electron chi connectivity index (χ1n) is 9.85. The van der Waals surface area contributed by atoms with Crippen molar-refractivity contribution < 1.29 is 14.6 Å². The molecular formula is C25H23ClN2O3. The van der Waals surface area contributed by atoms with Crippen LogP contribution < -0.4 is 9.47 Å². The summed E-state index contributed by atoms with van der Waals surface area (Å²) in [6.07, 6.45) is 0. The van der Waals surface area contributed by atoms with Gasteiger partial charge in [0.2, 0.25) is 0 Å². The van der Waals surface area contributed by atoms with Crippen LogP contribution in [0.2, 0.25) is 5.02 Å². The summed E-state index contributed by atoms with van der Waals surface area (Å²) < 4.78 is 12.9. The predicted octanol–water partition coefficient (Wildman–Crippen LogP) is 6.01. The van der Waals surface area contributed by atoms with E-state index in [2.05, 4.69) is 5.10 Å². The highest BCUT2D eigenvalue weighted by Gasteiger charge is 2.20. The highest BCUT2D eigenvalue weighted by Crippen LogP contribution is 2.40. The maximum Gasteiger partial charge on any atom is 0.128 e. The molecule has 0 atom stereocenters. The third kappa shape index (κ3) is 4.37. The molecule has 1 heterocycles. The van der Waals surface area contributed by atoms with Gasteiger partial charge < -0.3 is 14.6 Å². The second kappa shape index (κ2) is 8.74. The monoisotopic (exact) mass is 434 g/mol. The molecule has 0 aliphatic carbocycles. The molecule has 6 heteroatoms. The molecule has 0 bridgehead atoms. The van der Waals surface area contributed by atoms with E-state index >= 15 is 0 Å². The molecule has 4 rings (SSSR count). The summed E-state index contributed by atoms with van der Waals surface area (Å²) in [5.74, 6) is 1.50. The summed E-state index contributed by atoms with van der Waals surface area (Å²) >= 11 is 5.92. The van der Waals surface area contributed by atoms with Crippen LogP contribution in [0.15, 0.2) is 66.7 Å². The van der Waals surface area contributed by atoms with Gasteiger partial charge in [0.05, 0.1) is 18.5 Å². The minimum Gasteiger partial charge on any atom is -0.507 e. The summed E-state index contributed by atoms with van der Waals surface area (Å²) in [5, 5.41) is 16.1. The molecule has 0 radical (unpaired) electrons. The van der Waals surface area contributed by atoms with Gasteiger partial charge >= 0.3 is 0 Å². The quantitative estimate of drug-likeness (QED) is 0.403. The molecule has 0 saturated heterocycles. The molecule has 31 heavy (non-hydrogen) atoms. The van der Waals surface area contributed by atoms with Crippen molar-refractivity contribution in [2.45, 2.75) is 13.5 Å². The summed E-state index contributed by atoms with van der Waals surface area (Å²) in [5.41, 5.74) is 5.37. The number of nitrogens with zero attached hydrogens (tertiary/aromatic N) is 2. The van der Waals surface area contributed by atoms with Gasteiger partial charge in [0.15, 0.2) is 0 Å². The number of methoxy groups -OCH3 is 1. The number of hydrogen-bond acceptors (Lipinski definition) is 4. The first-order chi connectivity index (χ1) is 15.0. The molecule has 0 saturated carbocycles. The Kier molecular flexibility index (Phi) is 5.87. The number of hydrogen-bond donors (Lipinski definition) is 1. The SMILES string of the molecule is COc1ccc(-c2c(C)nn(C)c2-c2ccc(OCc3ccc(Cl)cc3)cc2O)cc1. The Bertz CT molecular complexity index is 1200. The molecule has 0 aliphatic heterocycles. The van der Waals surface area contributed by atoms with Gasteiger partial charge in [-0.3, -0.25) is 4.68 Å². The molecule has 0 spiro atoms. The maximum atomic E-state index is 10.8. The number of halogens is 1. The zero-order chi connectivity index (χ0) is 22.0. The van der Waals surface area contributed by atoms with Crippen molar-refractivity contribution in [3.63, 3.8) is 0 Å². The maximum absolute atomic E-state index is 10.8. The first-order valence-corrected chi connectivity index (χ1v) is 10.2. The van der Waals surface area contributed by atoms with Crippen LogP contribution in [0.4, 0.5) is 0 Å². The number of aryl methyl sites for hydroxylation is 2. The highest BCUT2D eigenvalue weighted by atomic mass is 35.5. The lowest BCUT2D eigenvalue weighted by molar-refractivity contribution is 0.304. The highest BCUT2D eigenvalue weighted by molar-refractivity contribution is 6.30. The number of phenolic OH excluding ortho intramolecular Hbond substituents is 1. The average Bonchev–Trinajstić information content (AvgIpc) is 3.07. The molecule has 4 aromatic rings. The van der Waals surface area contributed by atoms with Crippen molar-refractivity contribution in [1.82, 2.24) is 9.78 Å². The smallest absolute Gasteiger partial charge is 0.128 e. The second-order valence-electron chi connectivity index (χ2n) is 7.26. The van der Waals surface area contributed by atoms with Gasteiger partial charge in [0.25, 0.3) is 0 Å². The number of rotatable bonds is 6. The van der Waals surface area contributed by atoms with E-state index in [-0.39, 0.29) is 5.75 Å². The Hall–Kier alpha value is -3.44. The zero-order valence-corrected chi connectivity index (χ0v) is 18.3. The minimum atomic E-state index is 0.131. The fourth-order valence-corrected chi connectivity index (χ4v) is 3.75. The van der Waals surface area contributed by atoms with E-state index in [0.717, 1.165) is 33.8 Å². The summed E-state index contributed by atoms with van der Waals surface area (Å²) in [6.45, 7) is 2.35. The lowest BCUT2D eigenvalue weighted by Gasteiger charge is -2.12. The van der Waals surface area contributed by atoms with Crippen molar-refractivity contribution in [2.75, 3.05) is 7.11 Å². The Labute approximate surface area is 186 Å². The van der Waals surface area contributed by atoms with Crippen LogP contribution >= 0.6 is 11.6 Å². The van der Waals surface area contributed by atoms with E-state index in [0.29, 0.717) is 22.9 Å². The molecule has 5 nitrogen and oxygen atoms in total. The Balaban J connectivity index is 1.64. The molecule has 0 aliphatic rings. The largest absolute Gasteiger partial charge is 0.507 e. The van der Waals surface area contributed by atoms with E-state index in [4.69, 9.17) is 21.1 Å². The average molecular weight is 435 g/mol. The van der Waals surface area contributed by atoms with Crippen LogP contribution in [0.5, 0.6) is 17.2 Å². The van der Waals surface area contributed by atoms with Crippen LogP contribution in [0, 0.1) is 6.92 Å². The molecule has 1 N–H and O–H groups in total. The Morgan fingerprint density at radius 1 is 0.968 bits per heavy atom. The van der Waals surface area contributed by atoms with Gasteiger partial charge in [-0.1, -0.05) is 35.9 Å². The van der Waals surface area contributed by atoms with Gasteiger partial charge in [0, 0.05) is 29.3 Å². The van der Waals surface area contributed by atoms with E-state index in [9.17, 15) is 5.11 Å². The van der Waals surface area contributed by atoms with E-state index in [1.54, 1.807) is 17.9 Å². The predicted molar refractivity (Wildman–Crippen MR) is 123 cm³/mol. The number of benzene rings is 3. The van der Waals surface area contributed by atoms with Gasteiger partial charge in [-0.25, -0.2) is 0 Å². The molecule has 1 aromatic heterocycles. The van der Waals surface area contributed by atoms with Crippen LogP contribution in [0.1, 0.15) is 11.3 Å². The van der Waals surface area contributed by atoms with Crippen LogP contribution in [-0.2, 0) is 13.7 Å². The van der Waals surface area contributed by atoms with Gasteiger partial charge in [-0.05, 0) is 54.4 Å². The summed E-state index contributed by atoms with van der Waals surface area (Å²) in [7, 11) is 3.52. The summed E-state index contributed by atoms with van der Waals surface area (Å²) in [4.78, 5) is 0. The molecule has 0 amide bonds. The van der Waals surface area contributed by atoms with Gasteiger partial charge in [-0.15, -0.1) is 0 Å². The second-order valence-corrected chi connectivity index (χ2v) is 7.69. The van der Waals surface area contributed by atoms with E-state index in [1.807, 2.05) is 74.6 Å². The number of ether oxygens (including phenoxy) is 2. The Morgan fingerprint density at radius 2 is 1.65 bits per heavy atom. The normalized spacial score (nSPS) is 10.8. The lowest BCUT2D eigenvalue weighted by Crippen LogP contribution is -1.97. The molecule has 158 valence electrons. The van der Waals surface area contributed by atoms with Crippen molar-refractivity contribution in [1.29, 1.82) is 0 Å². The minimum absolute atomic E-state index is 0.131. The molecule has 3 aromatic carbocycles. The van der Waals surface area contributed by atoms with Crippen LogP contribution in [0.25, 0.3) is 22.4 Å². The summed E-state index contributed by atoms with van der Waals surface area (Å²) in [6, 6.07) is 20.6. The fourth-order valence-electron chi connectivity index (χ4n) is 3.62.